The van der Waals surface area contributed by atoms with E-state index in [9.17, 15) is 0 Å². The minimum Gasteiger partial charge on any atom is -0.311 e. The highest BCUT2D eigenvalue weighted by molar-refractivity contribution is 9.10. The molecule has 0 unspecified atom stereocenters. The van der Waals surface area contributed by atoms with Gasteiger partial charge in [0.1, 0.15) is 0 Å². The molecular formula is C85H62BrN3. The lowest BCUT2D eigenvalue weighted by molar-refractivity contribution is 1.18. The van der Waals surface area contributed by atoms with Crippen LogP contribution in [0, 0.1) is 0 Å². The number of halogens is 1. The zero-order valence-electron chi connectivity index (χ0n) is 49.1. The lowest BCUT2D eigenvalue weighted by Crippen LogP contribution is -2.09. The van der Waals surface area contributed by atoms with E-state index in [1.165, 1.54) is 111 Å². The highest BCUT2D eigenvalue weighted by Crippen LogP contribution is 2.40. The fourth-order valence-corrected chi connectivity index (χ4v) is 12.5. The standard InChI is InChI=1S/C42H30N2.C24H16BrN.C19H16/c1-4-12-31(13-5-1)32-20-25-37(26-21-32)43(35-14-6-2-7-15-35)38-27-22-33(23-28-38)34-24-29-42-40(30-34)39-18-10-11-19-41(39)44(42)36-16-8-3-9-17-36;25-19-13-10-17(11-14-19)18-12-15-24-22(16-18)21-8-4-5-9-23(21)26(24)20-6-2-1-3-7-20;1-3-7-16(8-4-1)15-17-11-13-19(14-12-17)18-9-5-2-6-10-18/h1-30H;1-16H;1-14H,15H2. The quantitative estimate of drug-likeness (QED) is 0.126. The summed E-state index contributed by atoms with van der Waals surface area (Å²) in [6.07, 6.45) is 0.996. The third-order valence-corrected chi connectivity index (χ3v) is 17.1. The predicted molar refractivity (Wildman–Crippen MR) is 381 cm³/mol. The predicted octanol–water partition coefficient (Wildman–Crippen LogP) is 23.7. The smallest absolute Gasteiger partial charge is 0.0541 e. The fourth-order valence-electron chi connectivity index (χ4n) is 12.2. The Morgan fingerprint density at radius 1 is 0.225 bits per heavy atom. The van der Waals surface area contributed by atoms with Gasteiger partial charge < -0.3 is 14.0 Å². The van der Waals surface area contributed by atoms with E-state index in [-0.39, 0.29) is 0 Å². The number of hydrogen-bond donors (Lipinski definition) is 0. The van der Waals surface area contributed by atoms with Gasteiger partial charge in [0.25, 0.3) is 0 Å². The maximum atomic E-state index is 3.52. The number of fused-ring (bicyclic) bond motifs is 6. The molecule has 0 fully saturated rings. The third-order valence-electron chi connectivity index (χ3n) is 16.6. The number of nitrogens with zero attached hydrogens (tertiary/aromatic N) is 3. The van der Waals surface area contributed by atoms with Crippen molar-refractivity contribution in [2.45, 2.75) is 6.42 Å². The van der Waals surface area contributed by atoms with Crippen molar-refractivity contribution in [2.75, 3.05) is 4.90 Å². The average molecular weight is 1210 g/mol. The zero-order valence-corrected chi connectivity index (χ0v) is 50.7. The molecule has 89 heavy (non-hydrogen) atoms. The van der Waals surface area contributed by atoms with Crippen molar-refractivity contribution in [3.63, 3.8) is 0 Å². The Hall–Kier alpha value is -11.0. The second-order valence-electron chi connectivity index (χ2n) is 22.2. The lowest BCUT2D eigenvalue weighted by atomic mass is 10.0. The van der Waals surface area contributed by atoms with Crippen molar-refractivity contribution in [3.8, 4) is 55.9 Å². The van der Waals surface area contributed by atoms with Gasteiger partial charge in [0.15, 0.2) is 0 Å². The van der Waals surface area contributed by atoms with Gasteiger partial charge in [-0.15, -0.1) is 0 Å². The monoisotopic (exact) mass is 1200 g/mol. The number of aromatic nitrogens is 2. The maximum Gasteiger partial charge on any atom is 0.0541 e. The van der Waals surface area contributed by atoms with Gasteiger partial charge in [0.05, 0.1) is 22.1 Å². The number of rotatable bonds is 11. The molecule has 2 heterocycles. The molecule has 16 aromatic rings. The maximum absolute atomic E-state index is 3.52. The first-order valence-corrected chi connectivity index (χ1v) is 31.1. The first kappa shape index (κ1) is 55.8. The second kappa shape index (κ2) is 25.9. The van der Waals surface area contributed by atoms with E-state index in [2.05, 4.69) is 388 Å². The van der Waals surface area contributed by atoms with Crippen molar-refractivity contribution >= 4 is 76.6 Å². The van der Waals surface area contributed by atoms with Crippen molar-refractivity contribution in [2.24, 2.45) is 0 Å². The van der Waals surface area contributed by atoms with Crippen LogP contribution < -0.4 is 4.90 Å². The largest absolute Gasteiger partial charge is 0.311 e. The lowest BCUT2D eigenvalue weighted by Gasteiger charge is -2.26. The van der Waals surface area contributed by atoms with Crippen molar-refractivity contribution in [1.82, 2.24) is 9.13 Å². The van der Waals surface area contributed by atoms with Gasteiger partial charge in [0, 0.05) is 54.5 Å². The second-order valence-corrected chi connectivity index (χ2v) is 23.1. The van der Waals surface area contributed by atoms with Gasteiger partial charge in [-0.3, -0.25) is 0 Å². The minimum atomic E-state index is 0.996. The van der Waals surface area contributed by atoms with Crippen molar-refractivity contribution < 1.29 is 0 Å². The van der Waals surface area contributed by atoms with E-state index in [4.69, 9.17) is 0 Å². The molecule has 16 rings (SSSR count). The molecular weight excluding hydrogens is 1140 g/mol. The summed E-state index contributed by atoms with van der Waals surface area (Å²) in [5, 5.41) is 5.09. The van der Waals surface area contributed by atoms with Crippen LogP contribution in [0.3, 0.4) is 0 Å². The van der Waals surface area contributed by atoms with E-state index in [1.807, 2.05) is 6.07 Å². The number of benzene rings is 14. The molecule has 0 atom stereocenters. The Kier molecular flexibility index (Phi) is 16.2. The molecule has 0 aliphatic carbocycles. The van der Waals surface area contributed by atoms with E-state index in [0.29, 0.717) is 0 Å². The molecule has 14 aromatic carbocycles. The average Bonchev–Trinajstić information content (AvgIpc) is 2.28. The van der Waals surface area contributed by atoms with Crippen molar-refractivity contribution in [3.05, 3.63) is 380 Å². The summed E-state index contributed by atoms with van der Waals surface area (Å²) in [4.78, 5) is 2.31. The van der Waals surface area contributed by atoms with Crippen LogP contribution in [0.1, 0.15) is 11.1 Å². The highest BCUT2D eigenvalue weighted by atomic mass is 79.9. The van der Waals surface area contributed by atoms with Crippen LogP contribution in [0.25, 0.3) is 99.5 Å². The molecule has 0 amide bonds. The Balaban J connectivity index is 0.000000130. The molecule has 0 saturated carbocycles. The van der Waals surface area contributed by atoms with Crippen molar-refractivity contribution in [1.29, 1.82) is 0 Å². The summed E-state index contributed by atoms with van der Waals surface area (Å²) < 4.78 is 5.80. The molecule has 0 saturated heterocycles. The molecule has 0 radical (unpaired) electrons. The summed E-state index contributed by atoms with van der Waals surface area (Å²) in [7, 11) is 0. The molecule has 424 valence electrons. The van der Waals surface area contributed by atoms with Crippen LogP contribution in [0.15, 0.2) is 368 Å². The Morgan fingerprint density at radius 3 is 0.955 bits per heavy atom. The van der Waals surface area contributed by atoms with Gasteiger partial charge in [-0.1, -0.05) is 271 Å². The van der Waals surface area contributed by atoms with Gasteiger partial charge in [-0.25, -0.2) is 0 Å². The Labute approximate surface area is 529 Å². The summed E-state index contributed by atoms with van der Waals surface area (Å²) in [5.41, 5.74) is 23.2. The van der Waals surface area contributed by atoms with Crippen LogP contribution in [-0.2, 0) is 6.42 Å². The fraction of sp³-hybridized carbons (Fsp3) is 0.0118. The summed E-state index contributed by atoms with van der Waals surface area (Å²) in [6.45, 7) is 0. The van der Waals surface area contributed by atoms with Crippen LogP contribution in [0.5, 0.6) is 0 Å². The first-order valence-electron chi connectivity index (χ1n) is 30.3. The van der Waals surface area contributed by atoms with Crippen LogP contribution in [0.4, 0.5) is 17.1 Å². The molecule has 0 bridgehead atoms. The van der Waals surface area contributed by atoms with Gasteiger partial charge in [0.2, 0.25) is 0 Å². The summed E-state index contributed by atoms with van der Waals surface area (Å²) in [6, 6.07) is 129. The Morgan fingerprint density at radius 2 is 0.517 bits per heavy atom. The summed E-state index contributed by atoms with van der Waals surface area (Å²) in [5.74, 6) is 0. The molecule has 0 spiro atoms. The number of para-hydroxylation sites is 5. The van der Waals surface area contributed by atoms with E-state index in [0.717, 1.165) is 28.0 Å². The van der Waals surface area contributed by atoms with E-state index < -0.39 is 0 Å². The zero-order chi connectivity index (χ0) is 59.7. The first-order chi connectivity index (χ1) is 44.1. The van der Waals surface area contributed by atoms with E-state index in [1.54, 1.807) is 0 Å². The highest BCUT2D eigenvalue weighted by Gasteiger charge is 2.17. The normalized spacial score (nSPS) is 11.0. The van der Waals surface area contributed by atoms with Crippen LogP contribution in [-0.4, -0.2) is 9.13 Å². The van der Waals surface area contributed by atoms with E-state index >= 15 is 0 Å². The molecule has 4 heteroatoms. The topological polar surface area (TPSA) is 13.1 Å². The Bertz CT molecular complexity index is 4970. The molecule has 2 aromatic heterocycles. The van der Waals surface area contributed by atoms with Gasteiger partial charge in [-0.05, 0) is 171 Å². The van der Waals surface area contributed by atoms with Gasteiger partial charge in [-0.2, -0.15) is 0 Å². The summed E-state index contributed by atoms with van der Waals surface area (Å²) >= 11 is 3.52. The molecule has 0 N–H and O–H groups in total. The molecule has 3 nitrogen and oxygen atoms in total. The SMILES string of the molecule is Brc1ccc(-c2ccc3c(c2)c2ccccc2n3-c2ccccc2)cc1.c1ccc(-c2ccc(N(c3ccccc3)c3ccc(-c4ccc5c(c4)c4ccccc4n5-c4ccccc4)cc3)cc2)cc1.c1ccc(Cc2ccc(-c3ccccc3)cc2)cc1. The van der Waals surface area contributed by atoms with Crippen LogP contribution in [0.2, 0.25) is 0 Å². The van der Waals surface area contributed by atoms with Gasteiger partial charge >= 0.3 is 0 Å². The number of anilines is 3. The molecule has 0 aliphatic rings. The van der Waals surface area contributed by atoms with Crippen LogP contribution >= 0.6 is 15.9 Å². The minimum absolute atomic E-state index is 0.996. The number of hydrogen-bond acceptors (Lipinski definition) is 1. The third kappa shape index (κ3) is 12.1. The molecule has 0 aliphatic heterocycles.